The number of hydrazine groups is 1. The standard InChI is InChI=1S/C20H18F4N6/c21-13-9-14(22)18(24)19(17(13)23)30-29-16-10-15(11-5-7-25-8-6-11)27-20(28-16)26-12-3-1-2-4-12/h5-10,12,30H,1-4H2,(H2,26,27,28,29). The highest BCUT2D eigenvalue weighted by atomic mass is 19.2. The van der Waals surface area contributed by atoms with Crippen molar-refractivity contribution in [2.24, 2.45) is 0 Å². The van der Waals surface area contributed by atoms with E-state index in [0.717, 1.165) is 31.2 Å². The number of hydrogen-bond donors (Lipinski definition) is 3. The topological polar surface area (TPSA) is 74.8 Å². The van der Waals surface area contributed by atoms with E-state index in [9.17, 15) is 17.6 Å². The fraction of sp³-hybridized carbons (Fsp3) is 0.250. The highest BCUT2D eigenvalue weighted by Gasteiger charge is 2.20. The van der Waals surface area contributed by atoms with Crippen LogP contribution < -0.4 is 16.2 Å². The maximum Gasteiger partial charge on any atom is 0.225 e. The van der Waals surface area contributed by atoms with Gasteiger partial charge >= 0.3 is 0 Å². The van der Waals surface area contributed by atoms with Gasteiger partial charge in [0.05, 0.1) is 5.69 Å². The minimum absolute atomic E-state index is 0.145. The van der Waals surface area contributed by atoms with Crippen LogP contribution >= 0.6 is 0 Å². The van der Waals surface area contributed by atoms with Crippen LogP contribution in [-0.4, -0.2) is 21.0 Å². The molecule has 30 heavy (non-hydrogen) atoms. The second kappa shape index (κ2) is 8.52. The minimum Gasteiger partial charge on any atom is -0.351 e. The van der Waals surface area contributed by atoms with Crippen molar-refractivity contribution < 1.29 is 17.6 Å². The number of rotatable bonds is 6. The molecule has 156 valence electrons. The lowest BCUT2D eigenvalue weighted by molar-refractivity contribution is 0.459. The van der Waals surface area contributed by atoms with Gasteiger partial charge < -0.3 is 5.32 Å². The third kappa shape index (κ3) is 4.27. The molecule has 2 heterocycles. The van der Waals surface area contributed by atoms with E-state index in [1.54, 1.807) is 24.5 Å². The normalized spacial score (nSPS) is 14.0. The summed E-state index contributed by atoms with van der Waals surface area (Å²) in [5.74, 6) is -5.64. The van der Waals surface area contributed by atoms with Crippen LogP contribution in [0.2, 0.25) is 0 Å². The Bertz CT molecular complexity index is 1010. The summed E-state index contributed by atoms with van der Waals surface area (Å²) in [4.78, 5) is 12.8. The molecule has 1 fully saturated rings. The second-order valence-corrected chi connectivity index (χ2v) is 6.92. The summed E-state index contributed by atoms with van der Waals surface area (Å²) < 4.78 is 54.7. The van der Waals surface area contributed by atoms with Crippen LogP contribution in [0.3, 0.4) is 0 Å². The van der Waals surface area contributed by atoms with Crippen molar-refractivity contribution in [1.29, 1.82) is 0 Å². The highest BCUT2D eigenvalue weighted by Crippen LogP contribution is 2.27. The van der Waals surface area contributed by atoms with Crippen molar-refractivity contribution in [1.82, 2.24) is 15.0 Å². The quantitative estimate of drug-likeness (QED) is 0.301. The molecular weight excluding hydrogens is 400 g/mol. The monoisotopic (exact) mass is 418 g/mol. The molecule has 0 atom stereocenters. The molecule has 1 saturated carbocycles. The molecule has 1 aromatic carbocycles. The molecule has 4 rings (SSSR count). The lowest BCUT2D eigenvalue weighted by Gasteiger charge is -2.16. The summed E-state index contributed by atoms with van der Waals surface area (Å²) in [5, 5.41) is 3.26. The summed E-state index contributed by atoms with van der Waals surface area (Å²) in [7, 11) is 0. The number of hydrogen-bond acceptors (Lipinski definition) is 6. The highest BCUT2D eigenvalue weighted by molar-refractivity contribution is 5.65. The van der Waals surface area contributed by atoms with Crippen LogP contribution in [0.1, 0.15) is 25.7 Å². The smallest absolute Gasteiger partial charge is 0.225 e. The predicted octanol–water partition coefficient (Wildman–Crippen LogP) is 4.89. The Balaban J connectivity index is 1.63. The van der Waals surface area contributed by atoms with Crippen molar-refractivity contribution in [2.75, 3.05) is 16.2 Å². The number of benzene rings is 1. The molecule has 0 bridgehead atoms. The van der Waals surface area contributed by atoms with Crippen LogP contribution in [0.4, 0.5) is 35.0 Å². The largest absolute Gasteiger partial charge is 0.351 e. The average molecular weight is 418 g/mol. The zero-order chi connectivity index (χ0) is 21.1. The van der Waals surface area contributed by atoms with E-state index in [-0.39, 0.29) is 17.9 Å². The van der Waals surface area contributed by atoms with Gasteiger partial charge in [-0.1, -0.05) is 12.8 Å². The predicted molar refractivity (Wildman–Crippen MR) is 105 cm³/mol. The van der Waals surface area contributed by atoms with Crippen LogP contribution in [0.15, 0.2) is 36.7 Å². The van der Waals surface area contributed by atoms with Gasteiger partial charge in [0.2, 0.25) is 5.95 Å². The van der Waals surface area contributed by atoms with Crippen LogP contribution in [0, 0.1) is 23.3 Å². The molecule has 0 unspecified atom stereocenters. The first-order valence-electron chi connectivity index (χ1n) is 9.42. The zero-order valence-electron chi connectivity index (χ0n) is 15.7. The number of nitrogens with zero attached hydrogens (tertiary/aromatic N) is 3. The van der Waals surface area contributed by atoms with Gasteiger partial charge in [0, 0.05) is 36.1 Å². The molecule has 0 aliphatic heterocycles. The van der Waals surface area contributed by atoms with Gasteiger partial charge in [0.25, 0.3) is 0 Å². The Kier molecular flexibility index (Phi) is 5.64. The number of nitrogens with one attached hydrogen (secondary N) is 3. The molecular formula is C20H18F4N6. The van der Waals surface area contributed by atoms with Crippen LogP contribution in [0.5, 0.6) is 0 Å². The van der Waals surface area contributed by atoms with E-state index in [4.69, 9.17) is 0 Å². The molecule has 10 heteroatoms. The van der Waals surface area contributed by atoms with Gasteiger partial charge in [-0.05, 0) is 25.0 Å². The first-order chi connectivity index (χ1) is 14.5. The molecule has 3 N–H and O–H groups in total. The molecule has 1 aliphatic rings. The molecule has 1 aliphatic carbocycles. The summed E-state index contributed by atoms with van der Waals surface area (Å²) >= 11 is 0. The van der Waals surface area contributed by atoms with Gasteiger partial charge in [0.15, 0.2) is 29.1 Å². The molecule has 0 amide bonds. The van der Waals surface area contributed by atoms with Gasteiger partial charge in [-0.25, -0.2) is 22.5 Å². The maximum atomic E-state index is 13.9. The van der Waals surface area contributed by atoms with Crippen molar-refractivity contribution in [3.05, 3.63) is 59.9 Å². The fourth-order valence-corrected chi connectivity index (χ4v) is 3.31. The summed E-state index contributed by atoms with van der Waals surface area (Å²) in [6.45, 7) is 0. The second-order valence-electron chi connectivity index (χ2n) is 6.92. The van der Waals surface area contributed by atoms with Crippen molar-refractivity contribution in [3.8, 4) is 11.3 Å². The Hall–Kier alpha value is -3.43. The Morgan fingerprint density at radius 2 is 1.50 bits per heavy atom. The number of aromatic nitrogens is 3. The van der Waals surface area contributed by atoms with Gasteiger partial charge in [0.1, 0.15) is 5.69 Å². The fourth-order valence-electron chi connectivity index (χ4n) is 3.31. The van der Waals surface area contributed by atoms with Gasteiger partial charge in [-0.15, -0.1) is 0 Å². The van der Waals surface area contributed by atoms with E-state index in [1.807, 2.05) is 0 Å². The van der Waals surface area contributed by atoms with E-state index in [2.05, 4.69) is 31.1 Å². The maximum absolute atomic E-state index is 13.9. The van der Waals surface area contributed by atoms with E-state index in [0.29, 0.717) is 11.6 Å². The summed E-state index contributed by atoms with van der Waals surface area (Å²) in [6, 6.07) is 5.41. The summed E-state index contributed by atoms with van der Waals surface area (Å²) in [6.07, 6.45) is 7.40. The lowest BCUT2D eigenvalue weighted by atomic mass is 10.2. The average Bonchev–Trinajstić information content (AvgIpc) is 3.26. The third-order valence-corrected chi connectivity index (χ3v) is 4.82. The Labute approximate surface area is 169 Å². The SMILES string of the molecule is Fc1cc(F)c(F)c(NNc2cc(-c3ccncc3)nc(NC3CCCC3)n2)c1F. The summed E-state index contributed by atoms with van der Waals surface area (Å²) in [5.41, 5.74) is 4.97. The van der Waals surface area contributed by atoms with Crippen LogP contribution in [0.25, 0.3) is 11.3 Å². The van der Waals surface area contributed by atoms with Crippen molar-refractivity contribution >= 4 is 17.5 Å². The number of pyridine rings is 1. The van der Waals surface area contributed by atoms with Gasteiger partial charge in [-0.3, -0.25) is 15.8 Å². The molecule has 0 radical (unpaired) electrons. The lowest BCUT2D eigenvalue weighted by Crippen LogP contribution is -2.19. The van der Waals surface area contributed by atoms with Crippen molar-refractivity contribution in [2.45, 2.75) is 31.7 Å². The molecule has 0 spiro atoms. The zero-order valence-corrected chi connectivity index (χ0v) is 15.7. The number of halogens is 4. The van der Waals surface area contributed by atoms with Crippen LogP contribution in [-0.2, 0) is 0 Å². The first kappa shape index (κ1) is 19.9. The molecule has 0 saturated heterocycles. The Morgan fingerprint density at radius 1 is 0.833 bits per heavy atom. The molecule has 2 aromatic heterocycles. The first-order valence-corrected chi connectivity index (χ1v) is 9.42. The Morgan fingerprint density at radius 3 is 2.17 bits per heavy atom. The van der Waals surface area contributed by atoms with Gasteiger partial charge in [-0.2, -0.15) is 4.98 Å². The molecule has 3 aromatic rings. The minimum atomic E-state index is -1.55. The van der Waals surface area contributed by atoms with E-state index in [1.165, 1.54) is 6.07 Å². The van der Waals surface area contributed by atoms with E-state index >= 15 is 0 Å². The van der Waals surface area contributed by atoms with Crippen molar-refractivity contribution in [3.63, 3.8) is 0 Å². The molecule has 6 nitrogen and oxygen atoms in total. The third-order valence-electron chi connectivity index (χ3n) is 4.82. The van der Waals surface area contributed by atoms with E-state index < -0.39 is 29.0 Å². The number of anilines is 3.